The summed E-state index contributed by atoms with van der Waals surface area (Å²) in [5, 5.41) is 4.25. The third-order valence-electron chi connectivity index (χ3n) is 5.59. The van der Waals surface area contributed by atoms with Crippen LogP contribution in [0.4, 0.5) is 5.69 Å². The summed E-state index contributed by atoms with van der Waals surface area (Å²) in [5.74, 6) is 0.399. The van der Waals surface area contributed by atoms with E-state index in [1.165, 1.54) is 27.6 Å². The zero-order valence-corrected chi connectivity index (χ0v) is 18.4. The summed E-state index contributed by atoms with van der Waals surface area (Å²) in [6.07, 6.45) is 2.17. The average molecular weight is 415 g/mol. The number of carbonyl (C=O) groups is 1. The monoisotopic (exact) mass is 414 g/mol. The van der Waals surface area contributed by atoms with Crippen LogP contribution < -0.4 is 5.32 Å². The van der Waals surface area contributed by atoms with E-state index in [4.69, 9.17) is 0 Å². The van der Waals surface area contributed by atoms with Gasteiger partial charge in [-0.05, 0) is 55.2 Å². The van der Waals surface area contributed by atoms with Gasteiger partial charge in [-0.25, -0.2) is 0 Å². The topological polar surface area (TPSA) is 34.0 Å². The summed E-state index contributed by atoms with van der Waals surface area (Å²) in [4.78, 5) is 13.7. The number of nitrogens with one attached hydrogen (secondary N) is 1. The number of nitrogens with zero attached hydrogens (tertiary/aromatic N) is 1. The lowest BCUT2D eigenvalue weighted by Crippen LogP contribution is -2.15. The Hall–Kier alpha value is -2.98. The van der Waals surface area contributed by atoms with Gasteiger partial charge in [0.15, 0.2) is 0 Å². The van der Waals surface area contributed by atoms with E-state index in [1.54, 1.807) is 11.8 Å². The van der Waals surface area contributed by atoms with Gasteiger partial charge < -0.3 is 9.88 Å². The van der Waals surface area contributed by atoms with E-state index in [2.05, 4.69) is 84.5 Å². The van der Waals surface area contributed by atoms with Crippen molar-refractivity contribution in [1.82, 2.24) is 4.57 Å². The van der Waals surface area contributed by atoms with Crippen LogP contribution in [0.5, 0.6) is 0 Å². The van der Waals surface area contributed by atoms with Gasteiger partial charge in [0.2, 0.25) is 5.91 Å². The molecule has 0 bridgehead atoms. The summed E-state index contributed by atoms with van der Waals surface area (Å²) in [5.41, 5.74) is 6.98. The minimum atomic E-state index is 0.0180. The Bertz CT molecular complexity index is 1210. The van der Waals surface area contributed by atoms with Gasteiger partial charge in [-0.15, -0.1) is 11.8 Å². The number of hydrogen-bond donors (Lipinski definition) is 1. The molecule has 0 fully saturated rings. The maximum Gasteiger partial charge on any atom is 0.234 e. The largest absolute Gasteiger partial charge is 0.342 e. The van der Waals surface area contributed by atoms with Crippen LogP contribution in [0.25, 0.3) is 10.9 Å². The number of rotatable bonds is 6. The molecular weight excluding hydrogens is 388 g/mol. The average Bonchev–Trinajstić information content (AvgIpc) is 3.09. The highest BCUT2D eigenvalue weighted by molar-refractivity contribution is 8.00. The van der Waals surface area contributed by atoms with Crippen LogP contribution in [0.3, 0.4) is 0 Å². The fourth-order valence-electron chi connectivity index (χ4n) is 3.65. The second kappa shape index (κ2) is 8.80. The molecule has 0 spiro atoms. The van der Waals surface area contributed by atoms with Gasteiger partial charge in [-0.3, -0.25) is 4.79 Å². The predicted molar refractivity (Wildman–Crippen MR) is 127 cm³/mol. The number of anilines is 1. The fourth-order valence-corrected chi connectivity index (χ4v) is 4.53. The van der Waals surface area contributed by atoms with Gasteiger partial charge >= 0.3 is 0 Å². The van der Waals surface area contributed by atoms with E-state index >= 15 is 0 Å². The molecule has 152 valence electrons. The van der Waals surface area contributed by atoms with Crippen molar-refractivity contribution >= 4 is 34.3 Å². The molecule has 0 aliphatic carbocycles. The van der Waals surface area contributed by atoms with Gasteiger partial charge in [0, 0.05) is 34.2 Å². The normalized spacial score (nSPS) is 11.0. The molecular formula is C26H26N2OS. The van der Waals surface area contributed by atoms with Crippen LogP contribution in [0.1, 0.15) is 22.3 Å². The number of aromatic nitrogens is 1. The SMILES string of the molecule is Cc1ccccc1Cn1cc(SCC(=O)Nc2cccc(C)c2C)c2ccccc21. The molecule has 4 heteroatoms. The first kappa shape index (κ1) is 20.3. The first-order chi connectivity index (χ1) is 14.5. The molecule has 4 rings (SSSR count). The van der Waals surface area contributed by atoms with E-state index in [1.807, 2.05) is 19.1 Å². The zero-order valence-electron chi connectivity index (χ0n) is 17.6. The quantitative estimate of drug-likeness (QED) is 0.373. The third kappa shape index (κ3) is 4.29. The number of para-hydroxylation sites is 1. The molecule has 1 heterocycles. The molecule has 0 radical (unpaired) electrons. The number of aryl methyl sites for hydroxylation is 2. The van der Waals surface area contributed by atoms with Crippen molar-refractivity contribution in [3.8, 4) is 0 Å². The lowest BCUT2D eigenvalue weighted by molar-refractivity contribution is -0.113. The second-order valence-corrected chi connectivity index (χ2v) is 8.67. The van der Waals surface area contributed by atoms with E-state index in [-0.39, 0.29) is 5.91 Å². The van der Waals surface area contributed by atoms with Gasteiger partial charge in [-0.1, -0.05) is 54.6 Å². The molecule has 1 aromatic heterocycles. The van der Waals surface area contributed by atoms with Crippen molar-refractivity contribution in [3.05, 3.63) is 95.2 Å². The first-order valence-corrected chi connectivity index (χ1v) is 11.1. The van der Waals surface area contributed by atoms with Crippen LogP contribution in [0.15, 0.2) is 77.8 Å². The fraction of sp³-hybridized carbons (Fsp3) is 0.192. The summed E-state index contributed by atoms with van der Waals surface area (Å²) >= 11 is 1.59. The van der Waals surface area contributed by atoms with Gasteiger partial charge in [-0.2, -0.15) is 0 Å². The number of benzene rings is 3. The minimum Gasteiger partial charge on any atom is -0.342 e. The molecule has 1 N–H and O–H groups in total. The van der Waals surface area contributed by atoms with Crippen LogP contribution >= 0.6 is 11.8 Å². The Morgan fingerprint density at radius 2 is 1.63 bits per heavy atom. The summed E-state index contributed by atoms with van der Waals surface area (Å²) in [6.45, 7) is 7.07. The molecule has 0 aliphatic rings. The first-order valence-electron chi connectivity index (χ1n) is 10.1. The second-order valence-electron chi connectivity index (χ2n) is 7.65. The lowest BCUT2D eigenvalue weighted by Gasteiger charge is -2.10. The highest BCUT2D eigenvalue weighted by Gasteiger charge is 2.12. The number of thioether (sulfide) groups is 1. The third-order valence-corrected chi connectivity index (χ3v) is 6.63. The molecule has 4 aromatic rings. The Balaban J connectivity index is 1.52. The number of amides is 1. The molecule has 0 saturated heterocycles. The van der Waals surface area contributed by atoms with Gasteiger partial charge in [0.05, 0.1) is 5.75 Å². The molecule has 0 saturated carbocycles. The van der Waals surface area contributed by atoms with Crippen LogP contribution in [0.2, 0.25) is 0 Å². The highest BCUT2D eigenvalue weighted by Crippen LogP contribution is 2.31. The maximum absolute atomic E-state index is 12.6. The molecule has 0 unspecified atom stereocenters. The number of fused-ring (bicyclic) bond motifs is 1. The van der Waals surface area contributed by atoms with Crippen LogP contribution in [-0.2, 0) is 11.3 Å². The Morgan fingerprint density at radius 1 is 0.900 bits per heavy atom. The van der Waals surface area contributed by atoms with Gasteiger partial charge in [0.25, 0.3) is 0 Å². The molecule has 0 atom stereocenters. The van der Waals surface area contributed by atoms with E-state index in [9.17, 15) is 4.79 Å². The van der Waals surface area contributed by atoms with Crippen LogP contribution in [0, 0.1) is 20.8 Å². The molecule has 1 amide bonds. The molecule has 3 nitrogen and oxygen atoms in total. The lowest BCUT2D eigenvalue weighted by atomic mass is 10.1. The van der Waals surface area contributed by atoms with Crippen molar-refractivity contribution in [2.45, 2.75) is 32.2 Å². The van der Waals surface area contributed by atoms with E-state index in [0.29, 0.717) is 5.75 Å². The standard InChI is InChI=1S/C26H26N2OS/c1-18-10-8-13-23(20(18)3)27-26(29)17-30-25-16-28(24-14-7-6-12-22(24)25)15-21-11-5-4-9-19(21)2/h4-14,16H,15,17H2,1-3H3,(H,27,29). The number of carbonyl (C=O) groups excluding carboxylic acids is 1. The summed E-state index contributed by atoms with van der Waals surface area (Å²) < 4.78 is 2.28. The highest BCUT2D eigenvalue weighted by atomic mass is 32.2. The van der Waals surface area contributed by atoms with Crippen molar-refractivity contribution in [2.24, 2.45) is 0 Å². The Kier molecular flexibility index (Phi) is 5.96. The van der Waals surface area contributed by atoms with Crippen molar-refractivity contribution in [3.63, 3.8) is 0 Å². The van der Waals surface area contributed by atoms with E-state index in [0.717, 1.165) is 22.7 Å². The summed E-state index contributed by atoms with van der Waals surface area (Å²) in [6, 6.07) is 22.9. The van der Waals surface area contributed by atoms with Crippen molar-refractivity contribution < 1.29 is 4.79 Å². The Morgan fingerprint density at radius 3 is 2.47 bits per heavy atom. The maximum atomic E-state index is 12.6. The molecule has 0 aliphatic heterocycles. The molecule has 30 heavy (non-hydrogen) atoms. The summed E-state index contributed by atoms with van der Waals surface area (Å²) in [7, 11) is 0. The number of hydrogen-bond acceptors (Lipinski definition) is 2. The van der Waals surface area contributed by atoms with Crippen molar-refractivity contribution in [1.29, 1.82) is 0 Å². The Labute approximate surface area is 182 Å². The van der Waals surface area contributed by atoms with E-state index < -0.39 is 0 Å². The van der Waals surface area contributed by atoms with Crippen molar-refractivity contribution in [2.75, 3.05) is 11.1 Å². The zero-order chi connectivity index (χ0) is 21.1. The van der Waals surface area contributed by atoms with Gasteiger partial charge in [0.1, 0.15) is 0 Å². The van der Waals surface area contributed by atoms with Crippen LogP contribution in [-0.4, -0.2) is 16.2 Å². The smallest absolute Gasteiger partial charge is 0.234 e. The minimum absolute atomic E-state index is 0.0180. The molecule has 3 aromatic carbocycles. The predicted octanol–water partition coefficient (Wildman–Crippen LogP) is 6.35.